The number of aliphatic hydroxyl groups excluding tert-OH is 1. The molecule has 0 saturated carbocycles. The highest BCUT2D eigenvalue weighted by Crippen LogP contribution is 2.47. The molecule has 29 nitrogen and oxygen atoms in total. The zero-order chi connectivity index (χ0) is 75.8. The van der Waals surface area contributed by atoms with E-state index in [1.807, 2.05) is 0 Å². The zero-order valence-corrected chi connectivity index (χ0v) is 58.6. The predicted octanol–water partition coefficient (Wildman–Crippen LogP) is 5.40. The Labute approximate surface area is 611 Å². The summed E-state index contributed by atoms with van der Waals surface area (Å²) in [5, 5.41) is 25.7. The Morgan fingerprint density at radius 1 is 0.757 bits per heavy atom. The number of nitrogens with zero attached hydrogens (tertiary/aromatic N) is 5. The highest BCUT2D eigenvalue weighted by Gasteiger charge is 2.52. The molecule has 5 aliphatic rings. The summed E-state index contributed by atoms with van der Waals surface area (Å²) in [4.78, 5) is 183. The number of benzene rings is 5. The molecule has 10 amide bonds. The molecular formula is C77H76FN11O18. The van der Waals surface area contributed by atoms with Crippen molar-refractivity contribution in [3.8, 4) is 11.4 Å². The van der Waals surface area contributed by atoms with Crippen molar-refractivity contribution in [3.63, 3.8) is 0 Å². The predicted molar refractivity (Wildman–Crippen MR) is 381 cm³/mol. The molecule has 7 aromatic rings. The van der Waals surface area contributed by atoms with Gasteiger partial charge < -0.3 is 70.3 Å². The Morgan fingerprint density at radius 2 is 1.44 bits per heavy atom. The minimum Gasteiger partial charge on any atom is -0.457 e. The van der Waals surface area contributed by atoms with Gasteiger partial charge in [-0.2, -0.15) is 0 Å². The SMILES string of the molecule is CC[C@@]1(OC(=O)N(C)C[C@@H]2CCCN2C(=O)OCc2ccc(NC(=O)CNC(=O)[C@H](Cc3ccccc3)NC(=O)CNC(=O)CNC(=O)c3cc(C(=O)OCc4ccccc4)cc(N4C(=O)C=CC4=O)c3)cc2)C(=O)OCc2c1cc1n(c2=O)Cc2c-1nc1cc(F)c(C)c3c1c2[C@@H](NC(=O)CCCO)CC3. The number of aryl methyl sites for hydroxylation is 1. The molecule has 4 aliphatic heterocycles. The van der Waals surface area contributed by atoms with Gasteiger partial charge in [0.15, 0.2) is 0 Å². The lowest BCUT2D eigenvalue weighted by Crippen LogP contribution is -2.52. The fourth-order valence-electron chi connectivity index (χ4n) is 13.9. The van der Waals surface area contributed by atoms with E-state index in [4.69, 9.17) is 23.9 Å². The number of cyclic esters (lactones) is 1. The number of carbonyl (C=O) groups is 12. The molecule has 6 heterocycles. The number of ether oxygens (including phenoxy) is 4. The van der Waals surface area contributed by atoms with Crippen LogP contribution in [0, 0.1) is 12.7 Å². The lowest BCUT2D eigenvalue weighted by Gasteiger charge is -2.37. The maximum absolute atomic E-state index is 15.6. The first-order valence-corrected chi connectivity index (χ1v) is 34.8. The van der Waals surface area contributed by atoms with Crippen LogP contribution >= 0.6 is 0 Å². The molecular weight excluding hydrogens is 1390 g/mol. The van der Waals surface area contributed by atoms with Crippen molar-refractivity contribution in [2.24, 2.45) is 0 Å². The normalized spacial score (nSPS) is 16.9. The van der Waals surface area contributed by atoms with E-state index in [0.29, 0.717) is 93.6 Å². The second kappa shape index (κ2) is 32.3. The molecule has 0 bridgehead atoms. The van der Waals surface area contributed by atoms with Crippen LogP contribution in [0.5, 0.6) is 0 Å². The smallest absolute Gasteiger partial charge is 0.411 e. The van der Waals surface area contributed by atoms with Crippen LogP contribution < -0.4 is 42.4 Å². The van der Waals surface area contributed by atoms with Crippen LogP contribution in [0.2, 0.25) is 0 Å². The summed E-state index contributed by atoms with van der Waals surface area (Å²) in [6.07, 6.45) is 2.58. The Morgan fingerprint density at radius 3 is 2.16 bits per heavy atom. The Bertz CT molecular complexity index is 4840. The van der Waals surface area contributed by atoms with Gasteiger partial charge in [0.25, 0.3) is 23.3 Å². The highest BCUT2D eigenvalue weighted by molar-refractivity contribution is 6.28. The summed E-state index contributed by atoms with van der Waals surface area (Å²) in [6.45, 7) is 0.896. The van der Waals surface area contributed by atoms with E-state index in [0.717, 1.165) is 22.6 Å². The number of hydrogen-bond acceptors (Lipinski definition) is 19. The summed E-state index contributed by atoms with van der Waals surface area (Å²) in [5.41, 5.74) is 2.82. The van der Waals surface area contributed by atoms with Crippen LogP contribution in [0.4, 0.5) is 25.4 Å². The Kier molecular flexibility index (Phi) is 22.4. The van der Waals surface area contributed by atoms with Gasteiger partial charge in [0.05, 0.1) is 72.0 Å². The summed E-state index contributed by atoms with van der Waals surface area (Å²) in [5.74, 6) is -7.82. The van der Waals surface area contributed by atoms with E-state index in [1.165, 1.54) is 45.7 Å². The number of likely N-dealkylation sites (N-methyl/N-ethyl adjacent to an activating group) is 1. The lowest BCUT2D eigenvalue weighted by atomic mass is 9.81. The molecule has 0 radical (unpaired) electrons. The fourth-order valence-corrected chi connectivity index (χ4v) is 13.9. The van der Waals surface area contributed by atoms with Crippen LogP contribution in [0.25, 0.3) is 22.3 Å². The molecule has 1 aliphatic carbocycles. The van der Waals surface area contributed by atoms with Gasteiger partial charge >= 0.3 is 24.1 Å². The standard InChI is InChI=1S/C77H76FN11O18/c1-4-77(55-33-60-69-53(39-88(60)72(99)54(55)42-105-74(77)101)68-57(83-61(91)18-12-28-90)24-23-52-43(2)56(78)34-58(85-69)67(52)68)107-75(102)86(3)38-50-17-11-27-87(50)76(103)106-41-46-19-21-49(22-20-46)82-63(93)37-81-71(98)59(29-44-13-7-5-8-14-44)84-64(94)36-79-62(92)35-80-70(97)47-30-48(73(100)104-40-45-15-9-6-10-16-45)32-51(31-47)89-65(95)25-26-66(89)96/h5-10,13-16,19-22,25-26,30-34,50,57,59,90H,4,11-12,17-18,23-24,27-29,35-42H2,1-3H3,(H,79,92)(H,80,97)(H,81,98)(H,82,93)(H,83,91)(H,84,94)/t50-,57-,59-,77-/m0/s1. The van der Waals surface area contributed by atoms with Crippen molar-refractivity contribution in [2.75, 3.05) is 56.6 Å². The molecule has 0 unspecified atom stereocenters. The number of amides is 10. The third kappa shape index (κ3) is 16.3. The molecule has 1 saturated heterocycles. The number of halogens is 1. The summed E-state index contributed by atoms with van der Waals surface area (Å²) in [7, 11) is 1.45. The highest BCUT2D eigenvalue weighted by atomic mass is 19.1. The number of aromatic nitrogens is 2. The van der Waals surface area contributed by atoms with Gasteiger partial charge in [0, 0.05) is 85.6 Å². The third-order valence-corrected chi connectivity index (χ3v) is 19.4. The lowest BCUT2D eigenvalue weighted by molar-refractivity contribution is -0.173. The minimum atomic E-state index is -2.10. The summed E-state index contributed by atoms with van der Waals surface area (Å²) >= 11 is 0. The number of nitrogens with one attached hydrogen (secondary N) is 6. The number of carbonyl (C=O) groups excluding carboxylic acids is 12. The van der Waals surface area contributed by atoms with Gasteiger partial charge in [-0.15, -0.1) is 0 Å². The molecule has 2 aromatic heterocycles. The van der Waals surface area contributed by atoms with Gasteiger partial charge in [-0.1, -0.05) is 79.7 Å². The minimum absolute atomic E-state index is 0.0164. The maximum Gasteiger partial charge on any atom is 0.411 e. The number of pyridine rings is 2. The average Bonchev–Trinajstić information content (AvgIpc) is 1.61. The number of anilines is 2. The van der Waals surface area contributed by atoms with Crippen LogP contribution in [0.3, 0.4) is 0 Å². The first-order valence-electron chi connectivity index (χ1n) is 34.8. The molecule has 0 spiro atoms. The fraction of sp³-hybridized carbons (Fsp3) is 0.325. The number of rotatable bonds is 26. The first-order chi connectivity index (χ1) is 51.5. The van der Waals surface area contributed by atoms with Crippen LogP contribution in [0.15, 0.2) is 132 Å². The quantitative estimate of drug-likeness (QED) is 0.0203. The number of imide groups is 1. The Balaban J connectivity index is 0.617. The van der Waals surface area contributed by atoms with Gasteiger partial charge in [0.2, 0.25) is 35.1 Å². The number of aliphatic hydroxyl groups is 1. The van der Waals surface area contributed by atoms with Crippen molar-refractivity contribution in [1.82, 2.24) is 45.9 Å². The van der Waals surface area contributed by atoms with Gasteiger partial charge in [-0.05, 0) is 115 Å². The van der Waals surface area contributed by atoms with E-state index in [2.05, 4.69) is 31.9 Å². The van der Waals surface area contributed by atoms with Gasteiger partial charge in [-0.3, -0.25) is 43.2 Å². The third-order valence-electron chi connectivity index (χ3n) is 19.4. The second-order valence-corrected chi connectivity index (χ2v) is 26.5. The van der Waals surface area contributed by atoms with E-state index in [1.54, 1.807) is 105 Å². The van der Waals surface area contributed by atoms with E-state index in [9.17, 15) is 67.4 Å². The largest absolute Gasteiger partial charge is 0.457 e. The zero-order valence-electron chi connectivity index (χ0n) is 58.6. The molecule has 5 aromatic carbocycles. The topological polar surface area (TPSA) is 379 Å². The number of fused-ring (bicyclic) bond motifs is 5. The molecule has 7 N–H and O–H groups in total. The van der Waals surface area contributed by atoms with Crippen LogP contribution in [-0.4, -0.2) is 154 Å². The van der Waals surface area contributed by atoms with Gasteiger partial charge in [-0.25, -0.2) is 33.5 Å². The van der Waals surface area contributed by atoms with Crippen molar-refractivity contribution in [2.45, 2.75) is 115 Å². The van der Waals surface area contributed by atoms with Crippen LogP contribution in [0.1, 0.15) is 122 Å². The monoisotopic (exact) mass is 1460 g/mol. The molecule has 107 heavy (non-hydrogen) atoms. The van der Waals surface area contributed by atoms with E-state index >= 15 is 4.39 Å². The molecule has 554 valence electrons. The number of esters is 2. The van der Waals surface area contributed by atoms with Crippen molar-refractivity contribution in [1.29, 1.82) is 0 Å². The molecule has 30 heteroatoms. The molecule has 1 fully saturated rings. The van der Waals surface area contributed by atoms with E-state index in [-0.39, 0.29) is 92.4 Å². The summed E-state index contributed by atoms with van der Waals surface area (Å²) in [6, 6.07) is 28.0. The number of likely N-dealkylation sites (tertiary alicyclic amines) is 1. The average molecular weight is 1460 g/mol. The second-order valence-electron chi connectivity index (χ2n) is 26.5. The van der Waals surface area contributed by atoms with Gasteiger partial charge in [0.1, 0.15) is 31.7 Å². The molecule has 4 atom stereocenters. The van der Waals surface area contributed by atoms with Crippen molar-refractivity contribution in [3.05, 3.63) is 205 Å². The molecule has 12 rings (SSSR count). The summed E-state index contributed by atoms with van der Waals surface area (Å²) < 4.78 is 40.0. The first kappa shape index (κ1) is 74.3. The van der Waals surface area contributed by atoms with Crippen LogP contribution in [-0.2, 0) is 102 Å². The van der Waals surface area contributed by atoms with Crippen molar-refractivity contribution >= 4 is 93.7 Å². The van der Waals surface area contributed by atoms with Crippen molar-refractivity contribution < 1.29 is 86.0 Å². The Hall–Kier alpha value is -12.5. The number of hydrogen-bond donors (Lipinski definition) is 7. The van der Waals surface area contributed by atoms with E-state index < -0.39 is 127 Å². The maximum atomic E-state index is 15.6.